The number of hydrogen-bond acceptors (Lipinski definition) is 3. The largest absolute Gasteiger partial charge is 0.494 e. The van der Waals surface area contributed by atoms with Gasteiger partial charge in [0, 0.05) is 32.1 Å². The summed E-state index contributed by atoms with van der Waals surface area (Å²) in [5.74, 6) is 1.82. The molecule has 2 rings (SSSR count). The summed E-state index contributed by atoms with van der Waals surface area (Å²) in [6, 6.07) is 12.4. The Bertz CT molecular complexity index is 616. The highest BCUT2D eigenvalue weighted by atomic mass is 127. The fourth-order valence-corrected chi connectivity index (χ4v) is 3.01. The van der Waals surface area contributed by atoms with Crippen molar-refractivity contribution >= 4 is 41.3 Å². The summed E-state index contributed by atoms with van der Waals surface area (Å²) in [7, 11) is 3.89. The predicted octanol–water partition coefficient (Wildman–Crippen LogP) is 4.01. The maximum Gasteiger partial charge on any atom is 0.193 e. The Balaban J connectivity index is 0.00000288. The number of rotatable bonds is 7. The number of nitrogens with one attached hydrogen (secondary N) is 1. The van der Waals surface area contributed by atoms with Gasteiger partial charge in [0.25, 0.3) is 0 Å². The summed E-state index contributed by atoms with van der Waals surface area (Å²) >= 11 is 1.80. The molecule has 0 unspecified atom stereocenters. The molecule has 1 aromatic carbocycles. The van der Waals surface area contributed by atoms with Crippen LogP contribution in [0.5, 0.6) is 5.75 Å². The summed E-state index contributed by atoms with van der Waals surface area (Å²) in [4.78, 5) is 7.92. The Morgan fingerprint density at radius 3 is 2.79 bits per heavy atom. The lowest BCUT2D eigenvalue weighted by Crippen LogP contribution is -2.39. The second kappa shape index (κ2) is 11.3. The molecule has 0 saturated carbocycles. The van der Waals surface area contributed by atoms with E-state index in [1.54, 1.807) is 11.3 Å². The Morgan fingerprint density at radius 2 is 2.12 bits per heavy atom. The van der Waals surface area contributed by atoms with Gasteiger partial charge in [-0.05, 0) is 42.5 Å². The van der Waals surface area contributed by atoms with Gasteiger partial charge in [-0.2, -0.15) is 0 Å². The molecule has 0 amide bonds. The van der Waals surface area contributed by atoms with Crippen LogP contribution in [0.3, 0.4) is 0 Å². The van der Waals surface area contributed by atoms with Crippen molar-refractivity contribution in [1.82, 2.24) is 10.2 Å². The minimum Gasteiger partial charge on any atom is -0.494 e. The molecule has 0 bridgehead atoms. The molecule has 0 radical (unpaired) electrons. The lowest BCUT2D eigenvalue weighted by molar-refractivity contribution is 0.340. The van der Waals surface area contributed by atoms with Crippen molar-refractivity contribution in [3.63, 3.8) is 0 Å². The van der Waals surface area contributed by atoms with Crippen LogP contribution >= 0.6 is 35.3 Å². The number of thiophene rings is 1. The molecule has 1 aromatic heterocycles. The molecule has 0 spiro atoms. The van der Waals surface area contributed by atoms with Crippen molar-refractivity contribution in [3.05, 3.63) is 52.2 Å². The van der Waals surface area contributed by atoms with Crippen LogP contribution in [0.2, 0.25) is 0 Å². The van der Waals surface area contributed by atoms with Gasteiger partial charge in [0.15, 0.2) is 5.96 Å². The standard InChI is InChI=1S/C18H25N3OS.HI/c1-4-22-16-8-5-7-15(13-16)14-20-18(19-2)21(3)11-10-17-9-6-12-23-17;/h5-9,12-13H,4,10-11,14H2,1-3H3,(H,19,20);1H. The third-order valence-corrected chi connectivity index (χ3v) is 4.44. The van der Waals surface area contributed by atoms with E-state index in [-0.39, 0.29) is 24.0 Å². The Hall–Kier alpha value is -1.28. The van der Waals surface area contributed by atoms with Gasteiger partial charge in [-0.3, -0.25) is 4.99 Å². The molecule has 0 aliphatic rings. The molecule has 1 N–H and O–H groups in total. The van der Waals surface area contributed by atoms with Crippen molar-refractivity contribution < 1.29 is 4.74 Å². The molecule has 24 heavy (non-hydrogen) atoms. The molecule has 0 aliphatic carbocycles. The second-order valence-electron chi connectivity index (χ2n) is 5.23. The van der Waals surface area contributed by atoms with Crippen LogP contribution in [0, 0.1) is 0 Å². The number of ether oxygens (including phenoxy) is 1. The van der Waals surface area contributed by atoms with Crippen molar-refractivity contribution in [2.75, 3.05) is 27.2 Å². The normalized spacial score (nSPS) is 10.9. The number of guanidine groups is 1. The number of halogens is 1. The van der Waals surface area contributed by atoms with Crippen molar-refractivity contribution in [3.8, 4) is 5.75 Å². The van der Waals surface area contributed by atoms with Crippen LogP contribution in [0.1, 0.15) is 17.4 Å². The number of likely N-dealkylation sites (N-methyl/N-ethyl adjacent to an activating group) is 1. The predicted molar refractivity (Wildman–Crippen MR) is 114 cm³/mol. The summed E-state index contributed by atoms with van der Waals surface area (Å²) in [5, 5.41) is 5.53. The molecule has 132 valence electrons. The zero-order valence-electron chi connectivity index (χ0n) is 14.5. The van der Waals surface area contributed by atoms with E-state index in [0.29, 0.717) is 6.61 Å². The van der Waals surface area contributed by atoms with Crippen molar-refractivity contribution in [2.24, 2.45) is 4.99 Å². The highest BCUT2D eigenvalue weighted by molar-refractivity contribution is 14.0. The molecule has 0 aliphatic heterocycles. The lowest BCUT2D eigenvalue weighted by atomic mass is 10.2. The average molecular weight is 459 g/mol. The van der Waals surface area contributed by atoms with Gasteiger partial charge in [0.1, 0.15) is 5.75 Å². The Kier molecular flexibility index (Phi) is 9.78. The van der Waals surface area contributed by atoms with Gasteiger partial charge < -0.3 is 15.0 Å². The van der Waals surface area contributed by atoms with Gasteiger partial charge in [-0.15, -0.1) is 35.3 Å². The van der Waals surface area contributed by atoms with E-state index in [2.05, 4.69) is 51.9 Å². The van der Waals surface area contributed by atoms with Crippen LogP contribution < -0.4 is 10.1 Å². The van der Waals surface area contributed by atoms with E-state index in [1.165, 1.54) is 10.4 Å². The molecule has 4 nitrogen and oxygen atoms in total. The summed E-state index contributed by atoms with van der Waals surface area (Å²) in [6.07, 6.45) is 1.04. The number of benzene rings is 1. The van der Waals surface area contributed by atoms with E-state index >= 15 is 0 Å². The minimum absolute atomic E-state index is 0. The first-order valence-corrected chi connectivity index (χ1v) is 8.76. The minimum atomic E-state index is 0. The van der Waals surface area contributed by atoms with Crippen LogP contribution in [-0.4, -0.2) is 38.1 Å². The zero-order chi connectivity index (χ0) is 16.5. The topological polar surface area (TPSA) is 36.9 Å². The molecule has 0 fully saturated rings. The summed E-state index contributed by atoms with van der Waals surface area (Å²) < 4.78 is 5.54. The molecule has 2 aromatic rings. The first-order chi connectivity index (χ1) is 11.2. The van der Waals surface area contributed by atoms with Crippen LogP contribution in [-0.2, 0) is 13.0 Å². The van der Waals surface area contributed by atoms with Gasteiger partial charge in [-0.25, -0.2) is 0 Å². The molecule has 0 atom stereocenters. The van der Waals surface area contributed by atoms with E-state index in [0.717, 1.165) is 31.2 Å². The van der Waals surface area contributed by atoms with E-state index < -0.39 is 0 Å². The maximum atomic E-state index is 5.54. The monoisotopic (exact) mass is 459 g/mol. The molecular weight excluding hydrogens is 433 g/mol. The second-order valence-corrected chi connectivity index (χ2v) is 6.26. The average Bonchev–Trinajstić information content (AvgIpc) is 3.07. The number of hydrogen-bond donors (Lipinski definition) is 1. The Morgan fingerprint density at radius 1 is 1.29 bits per heavy atom. The van der Waals surface area contributed by atoms with Crippen molar-refractivity contribution in [1.29, 1.82) is 0 Å². The number of nitrogens with zero attached hydrogens (tertiary/aromatic N) is 2. The molecule has 6 heteroatoms. The highest BCUT2D eigenvalue weighted by Crippen LogP contribution is 2.13. The summed E-state index contributed by atoms with van der Waals surface area (Å²) in [5.41, 5.74) is 1.18. The Labute approximate surface area is 166 Å². The SMILES string of the molecule is CCOc1cccc(CNC(=NC)N(C)CCc2cccs2)c1.I. The van der Waals surface area contributed by atoms with Crippen LogP contribution in [0.25, 0.3) is 0 Å². The smallest absolute Gasteiger partial charge is 0.193 e. The van der Waals surface area contributed by atoms with Gasteiger partial charge in [-0.1, -0.05) is 18.2 Å². The first-order valence-electron chi connectivity index (χ1n) is 7.88. The van der Waals surface area contributed by atoms with E-state index in [9.17, 15) is 0 Å². The molecule has 1 heterocycles. The summed E-state index contributed by atoms with van der Waals surface area (Å²) in [6.45, 7) is 4.36. The van der Waals surface area contributed by atoms with Crippen molar-refractivity contribution in [2.45, 2.75) is 19.9 Å². The maximum absolute atomic E-state index is 5.54. The quantitative estimate of drug-likeness (QED) is 0.386. The lowest BCUT2D eigenvalue weighted by Gasteiger charge is -2.22. The highest BCUT2D eigenvalue weighted by Gasteiger charge is 2.06. The zero-order valence-corrected chi connectivity index (χ0v) is 17.6. The molecular formula is C18H26IN3OS. The molecule has 0 saturated heterocycles. The van der Waals surface area contributed by atoms with Gasteiger partial charge in [0.2, 0.25) is 0 Å². The van der Waals surface area contributed by atoms with Crippen LogP contribution in [0.15, 0.2) is 46.8 Å². The van der Waals surface area contributed by atoms with Gasteiger partial charge in [0.05, 0.1) is 6.61 Å². The fourth-order valence-electron chi connectivity index (χ4n) is 2.32. The van der Waals surface area contributed by atoms with E-state index in [4.69, 9.17) is 4.74 Å². The third-order valence-electron chi connectivity index (χ3n) is 3.51. The van der Waals surface area contributed by atoms with Crippen LogP contribution in [0.4, 0.5) is 0 Å². The number of aliphatic imine (C=N–C) groups is 1. The first kappa shape index (κ1) is 20.8. The van der Waals surface area contributed by atoms with E-state index in [1.807, 2.05) is 26.1 Å². The third kappa shape index (κ3) is 6.68. The fraction of sp³-hybridized carbons (Fsp3) is 0.389. The van der Waals surface area contributed by atoms with Gasteiger partial charge >= 0.3 is 0 Å².